The number of Topliss-reactive ketones (excluding diaryl/α,β-unsaturated/α-hetero) is 1. The maximum Gasteiger partial charge on any atom is 0.304 e. The number of ketones is 1. The molecule has 1 fully saturated rings. The molecule has 8 atom stereocenters. The molecule has 9 rings (SSSR count). The number of nitrogens with zero attached hydrogens (tertiary/aromatic N) is 2. The molecule has 31 heteroatoms. The van der Waals surface area contributed by atoms with Gasteiger partial charge in [0.15, 0.2) is 5.78 Å². The summed E-state index contributed by atoms with van der Waals surface area (Å²) < 4.78 is 29.8. The van der Waals surface area contributed by atoms with Crippen molar-refractivity contribution in [3.63, 3.8) is 0 Å². The lowest BCUT2D eigenvalue weighted by Gasteiger charge is -2.31. The van der Waals surface area contributed by atoms with Crippen LogP contribution in [0, 0.1) is 17.6 Å². The number of H-pyrrole nitrogens is 3. The molecule has 0 bridgehead atoms. The van der Waals surface area contributed by atoms with Crippen LogP contribution in [-0.2, 0) is 89.9 Å². The highest BCUT2D eigenvalue weighted by molar-refractivity contribution is 7.98. The van der Waals surface area contributed by atoms with Crippen LogP contribution in [0.4, 0.5) is 8.78 Å². The molecule has 100 heavy (non-hydrogen) atoms. The van der Waals surface area contributed by atoms with E-state index in [1.54, 1.807) is 0 Å². The van der Waals surface area contributed by atoms with Crippen LogP contribution in [0.3, 0.4) is 0 Å². The molecule has 27 nitrogen and oxygen atoms in total. The Hall–Kier alpha value is -10.1. The van der Waals surface area contributed by atoms with Crippen LogP contribution in [0.25, 0.3) is 21.8 Å². The van der Waals surface area contributed by atoms with Crippen LogP contribution in [0.2, 0.25) is 0 Å². The standard InChI is InChI=1S/C69H80F2N14O13S2/c70-44-12-16-50-48(27-44)42(30-75-50)23-53-59(87)25-41(26-62(90)91)64(93)82-55(29-46-32-74-37-78-46)67(96)83-56(22-38-10-14-47(86)15-11-38)69(98)85-20-5-9-58(85)68(97)84-57(63(73)92)36-100-35-40-7-2-1-6-39(40)34-99-21-18-60(88)79-52(8-3-4-19-72)65(94)77-33-61(89)80-54(66(95)81-53)24-43-31-76-51-17-13-45(71)28-49(43)51/h1-2,6-7,10-17,27-28,30-32,37,41,52-58,75-76,86H,3-5,8-9,18-26,29,33-36,72H2,(H2,73,92)(H,74,78)(H,77,94)(H,79,88)(H,80,89)(H,81,95)(H,82,93)(H,83,96)(H,84,97)(H,90,91)/t41-,52-,53-,54-,55-,56-,57-,58-/m0/s1. The maximum absolute atomic E-state index is 15.1. The fourth-order valence-electron chi connectivity index (χ4n) is 12.1. The van der Waals surface area contributed by atoms with Crippen molar-refractivity contribution in [3.05, 3.63) is 155 Å². The zero-order valence-electron chi connectivity index (χ0n) is 54.5. The first-order valence-electron chi connectivity index (χ1n) is 32.7. The first-order valence-corrected chi connectivity index (χ1v) is 35.0. The molecule has 16 N–H and O–H groups in total. The highest BCUT2D eigenvalue weighted by atomic mass is 32.2. The van der Waals surface area contributed by atoms with Gasteiger partial charge < -0.3 is 78.7 Å². The van der Waals surface area contributed by atoms with Crippen LogP contribution >= 0.6 is 23.5 Å². The number of amides is 9. The van der Waals surface area contributed by atoms with E-state index in [4.69, 9.17) is 11.5 Å². The van der Waals surface area contributed by atoms with E-state index in [2.05, 4.69) is 57.2 Å². The van der Waals surface area contributed by atoms with Crippen molar-refractivity contribution < 1.29 is 71.7 Å². The maximum atomic E-state index is 15.1. The third-order valence-corrected chi connectivity index (χ3v) is 19.5. The van der Waals surface area contributed by atoms with Crippen LogP contribution in [0.5, 0.6) is 5.75 Å². The minimum absolute atomic E-state index is 0.00373. The average molecular weight is 1420 g/mol. The number of aromatic nitrogens is 4. The molecule has 5 heterocycles. The number of halogens is 2. The van der Waals surface area contributed by atoms with E-state index in [1.165, 1.54) is 114 Å². The van der Waals surface area contributed by atoms with Crippen LogP contribution in [-0.4, -0.2) is 173 Å². The van der Waals surface area contributed by atoms with Gasteiger partial charge in [-0.3, -0.25) is 52.7 Å². The number of aromatic amines is 3. The lowest BCUT2D eigenvalue weighted by atomic mass is 9.91. The van der Waals surface area contributed by atoms with Gasteiger partial charge in [-0.05, 0) is 115 Å². The summed E-state index contributed by atoms with van der Waals surface area (Å²) >= 11 is 2.78. The average Bonchev–Trinajstić information content (AvgIpc) is 1.63. The molecule has 7 aromatic rings. The number of carbonyl (C=O) groups excluding carboxylic acids is 10. The van der Waals surface area contributed by atoms with Gasteiger partial charge in [0.1, 0.15) is 53.6 Å². The van der Waals surface area contributed by atoms with Crippen LogP contribution < -0.4 is 48.7 Å². The molecule has 0 spiro atoms. The Morgan fingerprint density at radius 1 is 0.650 bits per heavy atom. The topological polar surface area (TPSA) is 428 Å². The largest absolute Gasteiger partial charge is 0.508 e. The molecule has 4 aromatic carbocycles. The Bertz CT molecular complexity index is 4100. The molecule has 0 unspecified atom stereocenters. The Morgan fingerprint density at radius 3 is 1.90 bits per heavy atom. The van der Waals surface area contributed by atoms with E-state index in [1.807, 2.05) is 24.3 Å². The van der Waals surface area contributed by atoms with Gasteiger partial charge in [0, 0.05) is 114 Å². The predicted molar refractivity (Wildman–Crippen MR) is 368 cm³/mol. The number of phenolic OH excluding ortho intramolecular Hbond substituents is 1. The van der Waals surface area contributed by atoms with Crippen LogP contribution in [0.1, 0.15) is 84.9 Å². The summed E-state index contributed by atoms with van der Waals surface area (Å²) in [5, 5.41) is 39.9. The van der Waals surface area contributed by atoms with Gasteiger partial charge in [0.25, 0.3) is 0 Å². The van der Waals surface area contributed by atoms with E-state index in [-0.39, 0.29) is 73.2 Å². The van der Waals surface area contributed by atoms with Crippen molar-refractivity contribution in [3.8, 4) is 5.75 Å². The van der Waals surface area contributed by atoms with Crippen molar-refractivity contribution in [1.82, 2.24) is 62.1 Å². The summed E-state index contributed by atoms with van der Waals surface area (Å²) in [6.45, 7) is -0.397. The van der Waals surface area contributed by atoms with Crippen molar-refractivity contribution in [2.45, 2.75) is 131 Å². The molecule has 9 amide bonds. The molecule has 2 aliphatic heterocycles. The molecule has 1 saturated heterocycles. The second kappa shape index (κ2) is 35.6. The smallest absolute Gasteiger partial charge is 0.304 e. The number of imidazole rings is 1. The number of carbonyl (C=O) groups is 11. The van der Waals surface area contributed by atoms with Gasteiger partial charge >= 0.3 is 5.97 Å². The summed E-state index contributed by atoms with van der Waals surface area (Å²) in [6.07, 6.45) is 3.88. The number of rotatable bonds is 15. The van der Waals surface area contributed by atoms with Crippen molar-refractivity contribution >= 4 is 110 Å². The Kier molecular flexibility index (Phi) is 26.4. The van der Waals surface area contributed by atoms with Gasteiger partial charge in [0.2, 0.25) is 53.2 Å². The zero-order chi connectivity index (χ0) is 71.4. The molecule has 2 aliphatic rings. The summed E-state index contributed by atoms with van der Waals surface area (Å²) in [5.74, 6) is -11.9. The number of primary amides is 1. The molecule has 3 aromatic heterocycles. The monoisotopic (exact) mass is 1410 g/mol. The zero-order valence-corrected chi connectivity index (χ0v) is 56.1. The molecule has 0 aliphatic carbocycles. The fourth-order valence-corrected chi connectivity index (χ4v) is 14.2. The lowest BCUT2D eigenvalue weighted by molar-refractivity contribution is -0.143. The number of nitrogens with two attached hydrogens (primary N) is 2. The summed E-state index contributed by atoms with van der Waals surface area (Å²) in [4.78, 5) is 171. The summed E-state index contributed by atoms with van der Waals surface area (Å²) in [5.41, 5.74) is 15.7. The first kappa shape index (κ1) is 74.1. The van der Waals surface area contributed by atoms with Gasteiger partial charge in [-0.25, -0.2) is 13.8 Å². The quantitative estimate of drug-likeness (QED) is 0.0656. The van der Waals surface area contributed by atoms with E-state index in [9.17, 15) is 57.4 Å². The van der Waals surface area contributed by atoms with Crippen molar-refractivity contribution in [1.29, 1.82) is 0 Å². The van der Waals surface area contributed by atoms with Crippen molar-refractivity contribution in [2.24, 2.45) is 17.4 Å². The van der Waals surface area contributed by atoms with E-state index in [0.29, 0.717) is 70.6 Å². The Morgan fingerprint density at radius 2 is 1.27 bits per heavy atom. The van der Waals surface area contributed by atoms with E-state index >= 15 is 14.4 Å². The van der Waals surface area contributed by atoms with Crippen molar-refractivity contribution in [2.75, 3.05) is 31.1 Å². The van der Waals surface area contributed by atoms with Gasteiger partial charge in [-0.1, -0.05) is 36.4 Å². The minimum Gasteiger partial charge on any atom is -0.508 e. The summed E-state index contributed by atoms with van der Waals surface area (Å²) in [6, 6.07) is 11.1. The lowest BCUT2D eigenvalue weighted by Crippen LogP contribution is -2.59. The van der Waals surface area contributed by atoms with Gasteiger partial charge in [-0.2, -0.15) is 23.5 Å². The number of aliphatic carboxylic acids is 1. The van der Waals surface area contributed by atoms with Gasteiger partial charge in [0.05, 0.1) is 31.3 Å². The number of hydrogen-bond acceptors (Lipinski definition) is 16. The highest BCUT2D eigenvalue weighted by Crippen LogP contribution is 2.27. The number of aromatic hydroxyl groups is 1. The number of nitrogens with one attached hydrogen (secondary N) is 10. The minimum atomic E-state index is -1.79. The second-order valence-corrected chi connectivity index (χ2v) is 26.8. The number of phenols is 1. The number of unbranched alkanes of at least 4 members (excludes halogenated alkanes) is 1. The molecule has 530 valence electrons. The molecule has 0 saturated carbocycles. The number of benzene rings is 4. The second-order valence-electron chi connectivity index (χ2n) is 24.7. The Balaban J connectivity index is 1.06. The number of carboxylic acid groups (broad SMARTS) is 1. The number of thioether (sulfide) groups is 2. The van der Waals surface area contributed by atoms with Crippen LogP contribution in [0.15, 0.2) is 110 Å². The SMILES string of the molecule is NCCCC[C@@H]1NC(=O)CCSCc2ccccc2CSC[C@@H](C(N)=O)NC(=O)[C@@H]2CCCN2C(=O)[C@H](Cc2ccc(O)cc2)NC(=O)[C@H](Cc2cnc[nH]2)NC(=O)[C@H](CC(=O)O)CC(=O)[C@H](Cc2c[nH]c3ccc(F)cc23)NC(=O)[C@H](Cc2c[nH]c3ccc(F)cc23)NC(=O)CNC1=O. The van der Waals surface area contributed by atoms with Gasteiger partial charge in [-0.15, -0.1) is 0 Å². The normalized spacial score (nSPS) is 22.1. The highest BCUT2D eigenvalue weighted by Gasteiger charge is 2.41. The van der Waals surface area contributed by atoms with E-state index < -0.39 is 151 Å². The molecular formula is C69H80F2N14O13S2. The number of hydrogen-bond donors (Lipinski definition) is 14. The number of carboxylic acids is 1. The Labute approximate surface area is 581 Å². The first-order chi connectivity index (χ1) is 48.1. The molecule has 0 radical (unpaired) electrons. The summed E-state index contributed by atoms with van der Waals surface area (Å²) in [7, 11) is 0. The third-order valence-electron chi connectivity index (χ3n) is 17.4. The number of fused-ring (bicyclic) bond motifs is 4. The third kappa shape index (κ3) is 20.7. The van der Waals surface area contributed by atoms with E-state index in [0.717, 1.165) is 11.1 Å². The fraction of sp³-hybridized carbons (Fsp3) is 0.391. The molecular weight excluding hydrogens is 1330 g/mol. The predicted octanol–water partition coefficient (Wildman–Crippen LogP) is 2.88.